The summed E-state index contributed by atoms with van der Waals surface area (Å²) in [4.78, 5) is 25.0. The third kappa shape index (κ3) is 3.65. The van der Waals surface area contributed by atoms with E-state index in [1.165, 1.54) is 4.68 Å². The predicted molar refractivity (Wildman–Crippen MR) is 103 cm³/mol. The molecule has 0 spiro atoms. The Morgan fingerprint density at radius 3 is 2.54 bits per heavy atom. The molecule has 1 heterocycles. The largest absolute Gasteiger partial charge is 0.334 e. The number of benzene rings is 2. The second kappa shape index (κ2) is 7.49. The summed E-state index contributed by atoms with van der Waals surface area (Å²) in [5.74, 6) is 0. The van der Waals surface area contributed by atoms with Crippen molar-refractivity contribution in [3.8, 4) is 5.69 Å². The molecule has 0 aliphatic carbocycles. The highest BCUT2D eigenvalue weighted by atomic mass is 35.5. The van der Waals surface area contributed by atoms with Crippen LogP contribution >= 0.6 is 11.6 Å². The van der Waals surface area contributed by atoms with Crippen molar-refractivity contribution in [1.29, 1.82) is 0 Å². The normalized spacial score (nSPS) is 10.6. The van der Waals surface area contributed by atoms with Crippen molar-refractivity contribution in [1.82, 2.24) is 14.7 Å². The fourth-order valence-corrected chi connectivity index (χ4v) is 2.91. The number of amides is 2. The number of carbonyl (C=O) groups is 1. The number of urea groups is 1. The number of nitrogens with zero attached hydrogens (tertiary/aromatic N) is 2. The van der Waals surface area contributed by atoms with Crippen molar-refractivity contribution in [2.75, 3.05) is 5.32 Å². The first kappa shape index (κ1) is 17.8. The summed E-state index contributed by atoms with van der Waals surface area (Å²) >= 11 is 5.93. The molecule has 0 bridgehead atoms. The Hall–Kier alpha value is -2.99. The molecule has 2 N–H and O–H groups in total. The molecule has 2 aromatic carbocycles. The van der Waals surface area contributed by atoms with Crippen LogP contribution in [0.3, 0.4) is 0 Å². The highest BCUT2D eigenvalue weighted by molar-refractivity contribution is 6.30. The monoisotopic (exact) mass is 370 g/mol. The summed E-state index contributed by atoms with van der Waals surface area (Å²) < 4.78 is 3.23. The van der Waals surface area contributed by atoms with Gasteiger partial charge in [-0.3, -0.25) is 9.48 Å². The summed E-state index contributed by atoms with van der Waals surface area (Å²) in [7, 11) is 1.78. The minimum absolute atomic E-state index is 0.250. The summed E-state index contributed by atoms with van der Waals surface area (Å²) in [6.07, 6.45) is 0. The maximum absolute atomic E-state index is 12.7. The Bertz CT molecular complexity index is 993. The lowest BCUT2D eigenvalue weighted by atomic mass is 10.2. The van der Waals surface area contributed by atoms with E-state index in [1.54, 1.807) is 30.8 Å². The lowest BCUT2D eigenvalue weighted by molar-refractivity contribution is 0.251. The van der Waals surface area contributed by atoms with Crippen molar-refractivity contribution in [3.63, 3.8) is 0 Å². The summed E-state index contributed by atoms with van der Waals surface area (Å²) in [5.41, 5.74) is 2.24. The fraction of sp³-hybridized carbons (Fsp3) is 0.158. The Morgan fingerprint density at radius 1 is 1.12 bits per heavy atom. The number of hydrogen-bond donors (Lipinski definition) is 2. The van der Waals surface area contributed by atoms with E-state index in [0.29, 0.717) is 17.3 Å². The number of aromatic nitrogens is 2. The number of para-hydroxylation sites is 1. The molecular weight excluding hydrogens is 352 g/mol. The van der Waals surface area contributed by atoms with Gasteiger partial charge >= 0.3 is 6.03 Å². The number of halogens is 1. The van der Waals surface area contributed by atoms with Crippen LogP contribution in [0.1, 0.15) is 11.3 Å². The van der Waals surface area contributed by atoms with E-state index in [9.17, 15) is 9.59 Å². The van der Waals surface area contributed by atoms with Crippen molar-refractivity contribution < 1.29 is 4.79 Å². The molecule has 1 aromatic heterocycles. The van der Waals surface area contributed by atoms with Crippen LogP contribution in [0.4, 0.5) is 10.5 Å². The molecule has 2 amide bonds. The molecule has 0 radical (unpaired) electrons. The molecular formula is C19H19ClN4O2. The summed E-state index contributed by atoms with van der Waals surface area (Å²) in [5, 5.41) is 5.99. The highest BCUT2D eigenvalue weighted by Gasteiger charge is 2.17. The first-order valence-corrected chi connectivity index (χ1v) is 8.48. The van der Waals surface area contributed by atoms with E-state index in [4.69, 9.17) is 11.6 Å². The molecule has 26 heavy (non-hydrogen) atoms. The van der Waals surface area contributed by atoms with Gasteiger partial charge in [0.1, 0.15) is 5.69 Å². The topological polar surface area (TPSA) is 68.1 Å². The van der Waals surface area contributed by atoms with Gasteiger partial charge < -0.3 is 10.6 Å². The van der Waals surface area contributed by atoms with E-state index in [-0.39, 0.29) is 11.2 Å². The molecule has 134 valence electrons. The number of nitrogens with one attached hydrogen (secondary N) is 2. The van der Waals surface area contributed by atoms with Crippen LogP contribution < -0.4 is 16.2 Å². The molecule has 6 nitrogen and oxygen atoms in total. The fourth-order valence-electron chi connectivity index (χ4n) is 2.70. The minimum atomic E-state index is -0.448. The Labute approximate surface area is 156 Å². The van der Waals surface area contributed by atoms with Crippen LogP contribution in [0.25, 0.3) is 5.69 Å². The number of rotatable bonds is 4. The highest BCUT2D eigenvalue weighted by Crippen LogP contribution is 2.14. The van der Waals surface area contributed by atoms with Gasteiger partial charge in [0.2, 0.25) is 0 Å². The van der Waals surface area contributed by atoms with Gasteiger partial charge in [-0.05, 0) is 36.8 Å². The van der Waals surface area contributed by atoms with E-state index < -0.39 is 6.03 Å². The van der Waals surface area contributed by atoms with Gasteiger partial charge in [-0.25, -0.2) is 9.48 Å². The molecule has 0 unspecified atom stereocenters. The molecule has 3 rings (SSSR count). The Balaban J connectivity index is 1.78. The van der Waals surface area contributed by atoms with Crippen molar-refractivity contribution in [3.05, 3.63) is 81.2 Å². The predicted octanol–water partition coefficient (Wildman–Crippen LogP) is 3.46. The average Bonchev–Trinajstić information content (AvgIpc) is 2.84. The third-order valence-corrected chi connectivity index (χ3v) is 4.37. The number of hydrogen-bond acceptors (Lipinski definition) is 2. The van der Waals surface area contributed by atoms with E-state index in [0.717, 1.165) is 11.3 Å². The molecule has 0 saturated heterocycles. The third-order valence-electron chi connectivity index (χ3n) is 4.13. The van der Waals surface area contributed by atoms with E-state index >= 15 is 0 Å². The van der Waals surface area contributed by atoms with Gasteiger partial charge in [0, 0.05) is 18.6 Å². The summed E-state index contributed by atoms with van der Waals surface area (Å²) in [6, 6.07) is 16.0. The minimum Gasteiger partial charge on any atom is -0.334 e. The number of carbonyl (C=O) groups excluding carboxylic acids is 1. The van der Waals surface area contributed by atoms with Gasteiger partial charge in [-0.15, -0.1) is 0 Å². The van der Waals surface area contributed by atoms with Gasteiger partial charge in [0.25, 0.3) is 5.56 Å². The van der Waals surface area contributed by atoms with Crippen molar-refractivity contribution >= 4 is 23.3 Å². The zero-order chi connectivity index (χ0) is 18.7. The smallest absolute Gasteiger partial charge is 0.319 e. The molecule has 3 aromatic rings. The van der Waals surface area contributed by atoms with Crippen molar-refractivity contribution in [2.45, 2.75) is 13.5 Å². The van der Waals surface area contributed by atoms with Crippen LogP contribution in [0.15, 0.2) is 59.4 Å². The SMILES string of the molecule is Cc1c(NC(=O)NCc2cccc(Cl)c2)c(=O)n(-c2ccccc2)n1C. The zero-order valence-electron chi connectivity index (χ0n) is 14.5. The molecule has 0 atom stereocenters. The first-order valence-electron chi connectivity index (χ1n) is 8.10. The lowest BCUT2D eigenvalue weighted by Gasteiger charge is -2.07. The van der Waals surface area contributed by atoms with Gasteiger partial charge in [0.05, 0.1) is 11.4 Å². The van der Waals surface area contributed by atoms with E-state index in [1.807, 2.05) is 42.5 Å². The van der Waals surface area contributed by atoms with Gasteiger partial charge in [0.15, 0.2) is 0 Å². The zero-order valence-corrected chi connectivity index (χ0v) is 15.2. The molecule has 0 aliphatic rings. The first-order chi connectivity index (χ1) is 12.5. The average molecular weight is 371 g/mol. The van der Waals surface area contributed by atoms with Crippen LogP contribution in [0, 0.1) is 6.92 Å². The van der Waals surface area contributed by atoms with E-state index in [2.05, 4.69) is 10.6 Å². The molecule has 7 heteroatoms. The molecule has 0 aliphatic heterocycles. The van der Waals surface area contributed by atoms with Crippen LogP contribution in [0.2, 0.25) is 5.02 Å². The quantitative estimate of drug-likeness (QED) is 0.738. The second-order valence-corrected chi connectivity index (χ2v) is 6.31. The van der Waals surface area contributed by atoms with Gasteiger partial charge in [-0.1, -0.05) is 41.9 Å². The Kier molecular flexibility index (Phi) is 5.14. The standard InChI is InChI=1S/C19H19ClN4O2/c1-13-17(18(25)24(23(13)2)16-9-4-3-5-10-16)22-19(26)21-12-14-7-6-8-15(20)11-14/h3-11H,12H2,1-2H3,(H2,21,22,26). The van der Waals surface area contributed by atoms with Gasteiger partial charge in [-0.2, -0.15) is 0 Å². The number of anilines is 1. The molecule has 0 fully saturated rings. The second-order valence-electron chi connectivity index (χ2n) is 5.87. The summed E-state index contributed by atoms with van der Waals surface area (Å²) in [6.45, 7) is 2.10. The van der Waals surface area contributed by atoms with Crippen LogP contribution in [-0.2, 0) is 13.6 Å². The van der Waals surface area contributed by atoms with Crippen LogP contribution in [-0.4, -0.2) is 15.4 Å². The molecule has 0 saturated carbocycles. The maximum Gasteiger partial charge on any atom is 0.319 e. The van der Waals surface area contributed by atoms with Crippen LogP contribution in [0.5, 0.6) is 0 Å². The lowest BCUT2D eigenvalue weighted by Crippen LogP contribution is -2.31. The Morgan fingerprint density at radius 2 is 1.85 bits per heavy atom. The maximum atomic E-state index is 12.7. The van der Waals surface area contributed by atoms with Crippen molar-refractivity contribution in [2.24, 2.45) is 7.05 Å².